The van der Waals surface area contributed by atoms with Crippen molar-refractivity contribution in [2.45, 2.75) is 0 Å². The zero-order valence-corrected chi connectivity index (χ0v) is 4.74. The average Bonchev–Trinajstić information content (AvgIpc) is 1.35. The molecule has 0 saturated heterocycles. The van der Waals surface area contributed by atoms with E-state index in [0.717, 1.165) is 0 Å². The van der Waals surface area contributed by atoms with Gasteiger partial charge in [-0.3, -0.25) is 0 Å². The smallest absolute Gasteiger partial charge is 0.301 e. The molecule has 0 fully saturated rings. The zero-order chi connectivity index (χ0) is 5.21. The van der Waals surface area contributed by atoms with Crippen LogP contribution in [0.3, 0.4) is 0 Å². The Bertz CT molecular complexity index is 72.1. The maximum Gasteiger partial charge on any atom is 0.496 e. The van der Waals surface area contributed by atoms with E-state index in [0.29, 0.717) is 0 Å². The Balaban J connectivity index is 0. The first-order valence-corrected chi connectivity index (χ1v) is 2.48. The van der Waals surface area contributed by atoms with E-state index >= 15 is 0 Å². The summed E-state index contributed by atoms with van der Waals surface area (Å²) in [6, 6.07) is 0. The van der Waals surface area contributed by atoms with E-state index in [1.54, 1.807) is 0 Å². The quantitative estimate of drug-likeness (QED) is 0.219. The van der Waals surface area contributed by atoms with Gasteiger partial charge in [0.25, 0.3) is 0 Å². The summed E-state index contributed by atoms with van der Waals surface area (Å²) < 4.78 is 11.8. The summed E-state index contributed by atoms with van der Waals surface area (Å²) in [5, 5.41) is 7.14. The monoisotopic (exact) mass is 177 g/mol. The van der Waals surface area contributed by atoms with E-state index in [1.165, 1.54) is 0 Å². The molecule has 0 rings (SSSR count). The third-order valence-electron chi connectivity index (χ3n) is 0.106. The van der Waals surface area contributed by atoms with Gasteiger partial charge in [-0.05, 0) is 0 Å². The van der Waals surface area contributed by atoms with Crippen LogP contribution in [-0.4, -0.2) is 15.0 Å². The van der Waals surface area contributed by atoms with Crippen LogP contribution in [0.1, 0.15) is 0 Å². The van der Waals surface area contributed by atoms with Crippen molar-refractivity contribution in [3.05, 3.63) is 0 Å². The molecule has 0 aliphatic heterocycles. The second-order valence-corrected chi connectivity index (χ2v) is 1.72. The Morgan fingerprint density at radius 1 is 1.43 bits per heavy atom. The molecule has 0 spiro atoms. The van der Waals surface area contributed by atoms with Gasteiger partial charge < -0.3 is 9.79 Å². The molecular weight excluding hydrogens is 175 g/mol. The minimum absolute atomic E-state index is 0. The Morgan fingerprint density at radius 2 is 1.57 bits per heavy atom. The summed E-state index contributed by atoms with van der Waals surface area (Å²) in [6.07, 6.45) is 0. The number of hydrogen-bond acceptors (Lipinski definition) is 3. The molecule has 0 aromatic rings. The van der Waals surface area contributed by atoms with Crippen molar-refractivity contribution in [2.75, 3.05) is 0 Å². The van der Waals surface area contributed by atoms with Crippen LogP contribution in [-0.2, 0) is 26.3 Å². The van der Waals surface area contributed by atoms with Crippen LogP contribution in [0.4, 0.5) is 0 Å². The fraction of sp³-hybridized carbons (Fsp3) is 0. The van der Waals surface area contributed by atoms with Crippen molar-refractivity contribution in [3.63, 3.8) is 0 Å². The molecule has 49 valence electrons. The Morgan fingerprint density at radius 3 is 1.57 bits per heavy atom. The zero-order valence-electron chi connectivity index (χ0n) is 2.91. The number of hydrogen-bond donors (Lipinski definition) is 3. The summed E-state index contributed by atoms with van der Waals surface area (Å²) >= 11 is 0. The van der Waals surface area contributed by atoms with Gasteiger partial charge in [-0.1, -0.05) is 0 Å². The Hall–Kier alpha value is 0.589. The largest absolute Gasteiger partial charge is 0.496 e. The van der Waals surface area contributed by atoms with Gasteiger partial charge in [-0.2, -0.15) is 0 Å². The summed E-state index contributed by atoms with van der Waals surface area (Å²) in [5.74, 6) is 0. The molecular formula is H3CuO5P. The fourth-order valence-electron chi connectivity index (χ4n) is 0. The molecule has 0 amide bonds. The second-order valence-electron chi connectivity index (χ2n) is 0.572. The summed E-state index contributed by atoms with van der Waals surface area (Å²) in [7, 11) is -4.59. The summed E-state index contributed by atoms with van der Waals surface area (Å²) in [6.45, 7) is 0. The summed E-state index contributed by atoms with van der Waals surface area (Å²) in [5.41, 5.74) is 0. The standard InChI is InChI=1S/Cu.H3O5P/c;1-5-6(2,3)4/h;1H,(H2,2,3,4). The first kappa shape index (κ1) is 10.5. The molecule has 0 aromatic heterocycles. The topological polar surface area (TPSA) is 87.0 Å². The number of phosphoric acid groups is 1. The molecule has 3 N–H and O–H groups in total. The predicted molar refractivity (Wildman–Crippen MR) is 15.8 cm³/mol. The molecule has 0 aliphatic rings. The fourth-order valence-corrected chi connectivity index (χ4v) is 0. The molecule has 5 nitrogen and oxygen atoms in total. The van der Waals surface area contributed by atoms with Gasteiger partial charge >= 0.3 is 7.82 Å². The molecule has 0 atom stereocenters. The van der Waals surface area contributed by atoms with Gasteiger partial charge in [0.2, 0.25) is 0 Å². The first-order chi connectivity index (χ1) is 2.56. The molecule has 0 heterocycles. The Labute approximate surface area is 49.9 Å². The van der Waals surface area contributed by atoms with Gasteiger partial charge in [0.15, 0.2) is 0 Å². The van der Waals surface area contributed by atoms with Crippen molar-refractivity contribution in [3.8, 4) is 0 Å². The molecule has 7 heteroatoms. The predicted octanol–water partition coefficient (Wildman–Crippen LogP) is -0.434. The minimum Gasteiger partial charge on any atom is -0.301 e. The molecule has 7 heavy (non-hydrogen) atoms. The second kappa shape index (κ2) is 3.57. The molecule has 0 bridgehead atoms. The van der Waals surface area contributed by atoms with E-state index in [1.807, 2.05) is 0 Å². The molecule has 0 unspecified atom stereocenters. The van der Waals surface area contributed by atoms with E-state index < -0.39 is 7.82 Å². The van der Waals surface area contributed by atoms with E-state index in [4.69, 9.17) is 15.0 Å². The third kappa shape index (κ3) is 10.8. The average molecular weight is 178 g/mol. The van der Waals surface area contributed by atoms with Gasteiger partial charge in [0.05, 0.1) is 0 Å². The maximum atomic E-state index is 9.22. The van der Waals surface area contributed by atoms with Gasteiger partial charge in [0.1, 0.15) is 0 Å². The Kier molecular flexibility index (Phi) is 5.39. The SMILES string of the molecule is O=P(O)(O)OO.[Cu]. The van der Waals surface area contributed by atoms with Crippen molar-refractivity contribution in [2.24, 2.45) is 0 Å². The van der Waals surface area contributed by atoms with Crippen LogP contribution in [0.25, 0.3) is 0 Å². The van der Waals surface area contributed by atoms with Crippen LogP contribution >= 0.6 is 7.82 Å². The van der Waals surface area contributed by atoms with Gasteiger partial charge in [0, 0.05) is 17.1 Å². The maximum absolute atomic E-state index is 9.22. The van der Waals surface area contributed by atoms with Crippen molar-refractivity contribution < 1.29 is 41.4 Å². The third-order valence-corrected chi connectivity index (χ3v) is 0.319. The van der Waals surface area contributed by atoms with E-state index in [9.17, 15) is 4.57 Å². The van der Waals surface area contributed by atoms with Crippen LogP contribution < -0.4 is 0 Å². The van der Waals surface area contributed by atoms with E-state index in [-0.39, 0.29) is 17.1 Å². The molecule has 0 aliphatic carbocycles. The number of rotatable bonds is 1. The molecule has 0 aromatic carbocycles. The van der Waals surface area contributed by atoms with Crippen LogP contribution in [0.2, 0.25) is 0 Å². The molecule has 1 radical (unpaired) electrons. The normalized spacial score (nSPS) is 10.1. The van der Waals surface area contributed by atoms with E-state index in [2.05, 4.69) is 4.67 Å². The summed E-state index contributed by atoms with van der Waals surface area (Å²) in [4.78, 5) is 14.9. The first-order valence-electron chi connectivity index (χ1n) is 0.948. The minimum atomic E-state index is -4.59. The van der Waals surface area contributed by atoms with Crippen molar-refractivity contribution >= 4 is 7.82 Å². The van der Waals surface area contributed by atoms with Crippen LogP contribution in [0.5, 0.6) is 0 Å². The van der Waals surface area contributed by atoms with Crippen molar-refractivity contribution in [1.82, 2.24) is 0 Å². The molecule has 0 saturated carbocycles. The van der Waals surface area contributed by atoms with Gasteiger partial charge in [-0.15, -0.1) is 4.67 Å². The van der Waals surface area contributed by atoms with Gasteiger partial charge in [-0.25, -0.2) is 9.82 Å². The van der Waals surface area contributed by atoms with Crippen LogP contribution in [0, 0.1) is 0 Å². The van der Waals surface area contributed by atoms with Crippen molar-refractivity contribution in [1.29, 1.82) is 0 Å². The van der Waals surface area contributed by atoms with Crippen LogP contribution in [0.15, 0.2) is 0 Å².